The van der Waals surface area contributed by atoms with Crippen molar-refractivity contribution in [3.8, 4) is 17.2 Å². The van der Waals surface area contributed by atoms with E-state index >= 15 is 0 Å². The number of para-hydroxylation sites is 1. The van der Waals surface area contributed by atoms with E-state index in [0.717, 1.165) is 29.0 Å². The van der Waals surface area contributed by atoms with Crippen molar-refractivity contribution in [3.05, 3.63) is 87.8 Å². The first-order valence-electron chi connectivity index (χ1n) is 11.9. The Morgan fingerprint density at radius 2 is 1.78 bits per heavy atom. The van der Waals surface area contributed by atoms with Gasteiger partial charge in [-0.1, -0.05) is 48.9 Å². The monoisotopic (exact) mass is 536 g/mol. The molecule has 0 spiro atoms. The summed E-state index contributed by atoms with van der Waals surface area (Å²) in [5.74, 6) is 1.64. The lowest BCUT2D eigenvalue weighted by Gasteiger charge is -2.17. The molecule has 8 heteroatoms. The van der Waals surface area contributed by atoms with E-state index in [0.29, 0.717) is 33.1 Å². The Morgan fingerprint density at radius 3 is 2.43 bits per heavy atom. The molecule has 1 atom stereocenters. The van der Waals surface area contributed by atoms with Crippen molar-refractivity contribution in [2.45, 2.75) is 32.9 Å². The first-order chi connectivity index (χ1) is 17.9. The second-order valence-electron chi connectivity index (χ2n) is 8.45. The SMILES string of the molecule is CC[C@H](C)Oc1c(Cl)cc(/C=C2\SC(=Nc3ccccc3)N(Cc3ccc(OC)cc3)C2=O)cc1OC. The van der Waals surface area contributed by atoms with E-state index in [-0.39, 0.29) is 12.0 Å². The van der Waals surface area contributed by atoms with Crippen molar-refractivity contribution < 1.29 is 19.0 Å². The maximum atomic E-state index is 13.6. The first-order valence-corrected chi connectivity index (χ1v) is 13.1. The van der Waals surface area contributed by atoms with Gasteiger partial charge < -0.3 is 14.2 Å². The number of carbonyl (C=O) groups is 1. The van der Waals surface area contributed by atoms with Gasteiger partial charge in [-0.15, -0.1) is 0 Å². The van der Waals surface area contributed by atoms with Crippen LogP contribution in [-0.2, 0) is 11.3 Å². The maximum Gasteiger partial charge on any atom is 0.267 e. The average molecular weight is 537 g/mol. The van der Waals surface area contributed by atoms with Crippen LogP contribution in [0.1, 0.15) is 31.4 Å². The number of rotatable bonds is 9. The summed E-state index contributed by atoms with van der Waals surface area (Å²) in [4.78, 5) is 20.6. The van der Waals surface area contributed by atoms with Crippen LogP contribution in [0, 0.1) is 0 Å². The van der Waals surface area contributed by atoms with Crippen LogP contribution in [0.4, 0.5) is 5.69 Å². The van der Waals surface area contributed by atoms with Crippen molar-refractivity contribution in [3.63, 3.8) is 0 Å². The predicted molar refractivity (Wildman–Crippen MR) is 151 cm³/mol. The van der Waals surface area contributed by atoms with E-state index in [4.69, 9.17) is 30.8 Å². The Morgan fingerprint density at radius 1 is 1.05 bits per heavy atom. The number of aliphatic imine (C=N–C) groups is 1. The molecule has 1 fully saturated rings. The molecular weight excluding hydrogens is 508 g/mol. The van der Waals surface area contributed by atoms with E-state index in [1.54, 1.807) is 25.2 Å². The molecular formula is C29H29ClN2O4S. The second kappa shape index (κ2) is 12.2. The normalized spacial score (nSPS) is 16.4. The number of halogens is 1. The molecule has 3 aromatic carbocycles. The lowest BCUT2D eigenvalue weighted by molar-refractivity contribution is -0.122. The van der Waals surface area contributed by atoms with Crippen LogP contribution < -0.4 is 14.2 Å². The number of benzene rings is 3. The highest BCUT2D eigenvalue weighted by atomic mass is 35.5. The molecule has 6 nitrogen and oxygen atoms in total. The topological polar surface area (TPSA) is 60.4 Å². The van der Waals surface area contributed by atoms with Crippen LogP contribution in [0.2, 0.25) is 5.02 Å². The van der Waals surface area contributed by atoms with Crippen molar-refractivity contribution >= 4 is 46.2 Å². The quantitative estimate of drug-likeness (QED) is 0.268. The summed E-state index contributed by atoms with van der Waals surface area (Å²) < 4.78 is 16.8. The number of thioether (sulfide) groups is 1. The van der Waals surface area contributed by atoms with Gasteiger partial charge in [0, 0.05) is 0 Å². The number of hydrogen-bond acceptors (Lipinski definition) is 6. The number of methoxy groups -OCH3 is 2. The molecule has 37 heavy (non-hydrogen) atoms. The molecule has 0 saturated carbocycles. The van der Waals surface area contributed by atoms with Crippen LogP contribution >= 0.6 is 23.4 Å². The van der Waals surface area contributed by atoms with Crippen LogP contribution in [-0.4, -0.2) is 36.3 Å². The minimum absolute atomic E-state index is 0.00848. The summed E-state index contributed by atoms with van der Waals surface area (Å²) in [6.45, 7) is 4.40. The molecule has 0 radical (unpaired) electrons. The minimum atomic E-state index is -0.134. The van der Waals surface area contributed by atoms with Crippen molar-refractivity contribution in [1.29, 1.82) is 0 Å². The minimum Gasteiger partial charge on any atom is -0.497 e. The summed E-state index contributed by atoms with van der Waals surface area (Å²) >= 11 is 7.89. The third kappa shape index (κ3) is 6.48. The van der Waals surface area contributed by atoms with Gasteiger partial charge in [0.1, 0.15) is 5.75 Å². The first kappa shape index (κ1) is 26.6. The Kier molecular flexibility index (Phi) is 8.79. The number of ether oxygens (including phenoxy) is 3. The fraction of sp³-hybridized carbons (Fsp3) is 0.241. The van der Waals surface area contributed by atoms with Gasteiger partial charge in [-0.2, -0.15) is 0 Å². The molecule has 0 bridgehead atoms. The van der Waals surface area contributed by atoms with Crippen molar-refractivity contribution in [2.75, 3.05) is 14.2 Å². The van der Waals surface area contributed by atoms with Gasteiger partial charge in [-0.05, 0) is 78.7 Å². The second-order valence-corrected chi connectivity index (χ2v) is 9.87. The molecule has 1 heterocycles. The van der Waals surface area contributed by atoms with E-state index in [9.17, 15) is 4.79 Å². The Labute approximate surface area is 226 Å². The van der Waals surface area contributed by atoms with E-state index in [2.05, 4.69) is 0 Å². The van der Waals surface area contributed by atoms with Gasteiger partial charge in [-0.25, -0.2) is 4.99 Å². The smallest absolute Gasteiger partial charge is 0.267 e. The number of amidine groups is 1. The highest BCUT2D eigenvalue weighted by Crippen LogP contribution is 2.40. The molecule has 1 saturated heterocycles. The summed E-state index contributed by atoms with van der Waals surface area (Å²) in [5, 5.41) is 1.03. The number of carbonyl (C=O) groups excluding carboxylic acids is 1. The molecule has 0 unspecified atom stereocenters. The molecule has 192 valence electrons. The summed E-state index contributed by atoms with van der Waals surface area (Å²) in [7, 11) is 3.20. The summed E-state index contributed by atoms with van der Waals surface area (Å²) in [6.07, 6.45) is 2.64. The van der Waals surface area contributed by atoms with Gasteiger partial charge in [0.15, 0.2) is 16.7 Å². The fourth-order valence-corrected chi connectivity index (χ4v) is 4.89. The molecule has 1 aliphatic rings. The third-order valence-electron chi connectivity index (χ3n) is 5.81. The number of hydrogen-bond donors (Lipinski definition) is 0. The van der Waals surface area contributed by atoms with Gasteiger partial charge in [-0.3, -0.25) is 9.69 Å². The molecule has 1 amide bonds. The third-order valence-corrected chi connectivity index (χ3v) is 7.10. The Hall–Kier alpha value is -3.42. The zero-order chi connectivity index (χ0) is 26.4. The van der Waals surface area contributed by atoms with E-state index in [1.807, 2.05) is 80.6 Å². The lowest BCUT2D eigenvalue weighted by atomic mass is 10.1. The van der Waals surface area contributed by atoms with Crippen LogP contribution in [0.25, 0.3) is 6.08 Å². The highest BCUT2D eigenvalue weighted by Gasteiger charge is 2.33. The van der Waals surface area contributed by atoms with Crippen LogP contribution in [0.15, 0.2) is 76.6 Å². The molecule has 0 aliphatic carbocycles. The Balaban J connectivity index is 1.68. The van der Waals surface area contributed by atoms with Gasteiger partial charge >= 0.3 is 0 Å². The van der Waals surface area contributed by atoms with Gasteiger partial charge in [0.05, 0.1) is 42.5 Å². The van der Waals surface area contributed by atoms with E-state index in [1.165, 1.54) is 11.8 Å². The van der Waals surface area contributed by atoms with E-state index < -0.39 is 0 Å². The molecule has 1 aliphatic heterocycles. The highest BCUT2D eigenvalue weighted by molar-refractivity contribution is 8.18. The summed E-state index contributed by atoms with van der Waals surface area (Å²) in [5.41, 5.74) is 2.47. The fourth-order valence-electron chi connectivity index (χ4n) is 3.63. The number of amides is 1. The average Bonchev–Trinajstić information content (AvgIpc) is 3.19. The van der Waals surface area contributed by atoms with Crippen molar-refractivity contribution in [1.82, 2.24) is 4.90 Å². The largest absolute Gasteiger partial charge is 0.497 e. The van der Waals surface area contributed by atoms with Crippen LogP contribution in [0.3, 0.4) is 0 Å². The zero-order valence-electron chi connectivity index (χ0n) is 21.2. The van der Waals surface area contributed by atoms with Crippen molar-refractivity contribution in [2.24, 2.45) is 4.99 Å². The molecule has 4 rings (SSSR count). The zero-order valence-corrected chi connectivity index (χ0v) is 22.8. The number of nitrogens with zero attached hydrogens (tertiary/aromatic N) is 2. The van der Waals surface area contributed by atoms with Gasteiger partial charge in [0.25, 0.3) is 5.91 Å². The molecule has 3 aromatic rings. The van der Waals surface area contributed by atoms with Gasteiger partial charge in [0.2, 0.25) is 0 Å². The predicted octanol–water partition coefficient (Wildman–Crippen LogP) is 7.34. The standard InChI is InChI=1S/C29H29ClN2O4S/c1-5-19(2)36-27-24(30)15-21(16-25(27)35-4)17-26-28(33)32(18-20-11-13-23(34-3)14-12-20)29(37-26)31-22-9-7-6-8-10-22/h6-17,19H,5,18H2,1-4H3/b26-17-,31-29?/t19-/m0/s1. The Bertz CT molecular complexity index is 1310. The van der Waals surface area contributed by atoms with Crippen LogP contribution in [0.5, 0.6) is 17.2 Å². The maximum absolute atomic E-state index is 13.6. The molecule has 0 N–H and O–H groups in total. The summed E-state index contributed by atoms with van der Waals surface area (Å²) in [6, 6.07) is 20.8. The molecule has 0 aromatic heterocycles. The lowest BCUT2D eigenvalue weighted by Crippen LogP contribution is -2.28.